The predicted octanol–water partition coefficient (Wildman–Crippen LogP) is 2.46. The lowest BCUT2D eigenvalue weighted by molar-refractivity contribution is -0.374. The summed E-state index contributed by atoms with van der Waals surface area (Å²) in [6.45, 7) is 9.12. The fourth-order valence-electron chi connectivity index (χ4n) is 6.48. The number of ether oxygens (including phenoxy) is 3. The summed E-state index contributed by atoms with van der Waals surface area (Å²) in [7, 11) is 0. The fourth-order valence-corrected chi connectivity index (χ4v) is 6.48. The topological polar surface area (TPSA) is 226 Å². The summed E-state index contributed by atoms with van der Waals surface area (Å²) < 4.78 is 16.6. The summed E-state index contributed by atoms with van der Waals surface area (Å²) in [4.78, 5) is 62.8. The number of benzene rings is 1. The first kappa shape index (κ1) is 39.3. The van der Waals surface area contributed by atoms with Gasteiger partial charge in [0, 0.05) is 26.0 Å². The lowest BCUT2D eigenvalue weighted by Gasteiger charge is -2.48. The summed E-state index contributed by atoms with van der Waals surface area (Å²) in [6, 6.07) is 9.55. The fraction of sp³-hybridized carbons (Fsp3) is 0.571. The molecule has 0 unspecified atom stereocenters. The normalized spacial score (nSPS) is 29.9. The van der Waals surface area contributed by atoms with Gasteiger partial charge in [-0.25, -0.2) is 19.2 Å². The molecule has 270 valence electrons. The summed E-state index contributed by atoms with van der Waals surface area (Å²) in [6.07, 6.45) is -1.51. The molecule has 0 aromatic heterocycles. The predicted molar refractivity (Wildman–Crippen MR) is 173 cm³/mol. The van der Waals surface area contributed by atoms with Gasteiger partial charge in [-0.05, 0) is 42.6 Å². The molecular formula is C35H47NO13. The second-order valence-corrected chi connectivity index (χ2v) is 13.2. The number of amides is 1. The van der Waals surface area contributed by atoms with E-state index in [0.717, 1.165) is 18.1 Å². The lowest BCUT2D eigenvalue weighted by atomic mass is 9.74. The van der Waals surface area contributed by atoms with Gasteiger partial charge in [-0.2, -0.15) is 0 Å². The van der Waals surface area contributed by atoms with Gasteiger partial charge in [-0.1, -0.05) is 82.2 Å². The Bertz CT molecular complexity index is 1440. The first-order valence-electron chi connectivity index (χ1n) is 16.3. The van der Waals surface area contributed by atoms with E-state index in [1.807, 2.05) is 64.1 Å². The van der Waals surface area contributed by atoms with Crippen LogP contribution >= 0.6 is 0 Å². The zero-order chi connectivity index (χ0) is 36.7. The van der Waals surface area contributed by atoms with E-state index in [1.54, 1.807) is 0 Å². The number of carboxylic acid groups (broad SMARTS) is 3. The molecule has 2 heterocycles. The summed E-state index contributed by atoms with van der Waals surface area (Å²) >= 11 is 0. The number of fused-ring (bicyclic) bond motifs is 2. The number of carboxylic acids is 3. The molecule has 0 aliphatic carbocycles. The molecular weight excluding hydrogens is 642 g/mol. The third-order valence-corrected chi connectivity index (χ3v) is 9.16. The molecule has 0 saturated carbocycles. The smallest absolute Gasteiger partial charge is 0.344 e. The van der Waals surface area contributed by atoms with E-state index in [-0.39, 0.29) is 30.7 Å². The third-order valence-electron chi connectivity index (χ3n) is 9.16. The van der Waals surface area contributed by atoms with Gasteiger partial charge in [-0.3, -0.25) is 4.79 Å². The van der Waals surface area contributed by atoms with Crippen molar-refractivity contribution in [2.75, 3.05) is 6.54 Å². The lowest BCUT2D eigenvalue weighted by Crippen LogP contribution is -2.78. The Kier molecular flexibility index (Phi) is 12.9. The second-order valence-electron chi connectivity index (χ2n) is 13.2. The van der Waals surface area contributed by atoms with Crippen LogP contribution in [0.15, 0.2) is 54.1 Å². The highest BCUT2D eigenvalue weighted by Gasteiger charge is 2.85. The molecule has 0 spiro atoms. The molecule has 49 heavy (non-hydrogen) atoms. The number of allylic oxidation sites excluding steroid dienone is 2. The van der Waals surface area contributed by atoms with Gasteiger partial charge >= 0.3 is 23.9 Å². The van der Waals surface area contributed by atoms with Gasteiger partial charge in [0.15, 0.2) is 6.10 Å². The first-order chi connectivity index (χ1) is 22.9. The van der Waals surface area contributed by atoms with Crippen LogP contribution in [0.4, 0.5) is 0 Å². The van der Waals surface area contributed by atoms with Crippen LogP contribution in [0.25, 0.3) is 0 Å². The van der Waals surface area contributed by atoms with Gasteiger partial charge < -0.3 is 45.1 Å². The average molecular weight is 690 g/mol. The van der Waals surface area contributed by atoms with Crippen LogP contribution in [0.3, 0.4) is 0 Å². The highest BCUT2D eigenvalue weighted by Crippen LogP contribution is 2.55. The molecule has 3 rings (SSSR count). The average Bonchev–Trinajstić information content (AvgIpc) is 3.25. The molecule has 2 saturated heterocycles. The van der Waals surface area contributed by atoms with Crippen molar-refractivity contribution < 1.29 is 63.7 Å². The molecule has 2 bridgehead atoms. The van der Waals surface area contributed by atoms with Gasteiger partial charge in [0.25, 0.3) is 0 Å². The van der Waals surface area contributed by atoms with Crippen molar-refractivity contribution >= 4 is 29.8 Å². The largest absolute Gasteiger partial charge is 0.479 e. The van der Waals surface area contributed by atoms with Crippen molar-refractivity contribution in [1.82, 2.24) is 5.32 Å². The summed E-state index contributed by atoms with van der Waals surface area (Å²) in [5, 5.41) is 56.3. The molecule has 9 atom stereocenters. The summed E-state index contributed by atoms with van der Waals surface area (Å²) in [5.41, 5.74) is -5.79. The maximum Gasteiger partial charge on any atom is 0.344 e. The number of nitrogens with one attached hydrogen (secondary N) is 1. The number of aliphatic hydroxyl groups excluding tert-OH is 1. The number of carbonyl (C=O) groups excluding carboxylic acids is 2. The number of aliphatic hydroxyl groups is 2. The zero-order valence-electron chi connectivity index (χ0n) is 28.3. The number of hydrogen-bond donors (Lipinski definition) is 6. The molecule has 0 radical (unpaired) electrons. The van der Waals surface area contributed by atoms with Crippen LogP contribution in [0.1, 0.15) is 65.9 Å². The van der Waals surface area contributed by atoms with E-state index in [0.29, 0.717) is 24.3 Å². The van der Waals surface area contributed by atoms with Crippen molar-refractivity contribution in [2.45, 2.75) is 102 Å². The molecule has 6 N–H and O–H groups in total. The van der Waals surface area contributed by atoms with Crippen molar-refractivity contribution in [1.29, 1.82) is 0 Å². The molecule has 2 aliphatic heterocycles. The highest BCUT2D eigenvalue weighted by atomic mass is 16.8. The number of aliphatic carboxylic acids is 3. The standard InChI is InChI=1S/C35H47NO13/c1-6-20(2)16-21(3)12-13-26(38)47-28-27(39)33(48-29(30(40)41)34(46,31(42)43)35(28,49-33)32(44)45)15-14-25(19-36-23(5)37)18-22(4)17-24-10-8-7-9-11-24/h7-13,18,20-22,27-29,39,46H,6,14-17,19H2,1-5H3,(H,36,37)(H,40,41)(H,42,43)(H,44,45)/t20-,21+,22+,27+,28+,29+,33-,34+,35-/m0/s1. The van der Waals surface area contributed by atoms with Crippen LogP contribution < -0.4 is 5.32 Å². The maximum absolute atomic E-state index is 13.0. The Balaban J connectivity index is 2.04. The second kappa shape index (κ2) is 16.1. The molecule has 1 aromatic carbocycles. The van der Waals surface area contributed by atoms with Crippen LogP contribution in [0.2, 0.25) is 0 Å². The zero-order valence-corrected chi connectivity index (χ0v) is 28.3. The quantitative estimate of drug-likeness (QED) is 0.0786. The first-order valence-corrected chi connectivity index (χ1v) is 16.3. The van der Waals surface area contributed by atoms with Crippen LogP contribution in [-0.2, 0) is 44.6 Å². The maximum atomic E-state index is 13.0. The van der Waals surface area contributed by atoms with E-state index in [9.17, 15) is 49.5 Å². The van der Waals surface area contributed by atoms with Crippen molar-refractivity contribution in [2.24, 2.45) is 17.8 Å². The SMILES string of the molecule is CC[C@H](C)C[C@H](C)C=CC(=O)O[C@@H]1[C@@H](O)[C@@]2(CCC(=C[C@H](C)Cc3ccccc3)CNC(C)=O)O[C@H](C(=O)O)[C@@](O)(C(=O)O)[C@]1(C(=O)O)O2. The van der Waals surface area contributed by atoms with Gasteiger partial charge in [0.1, 0.15) is 6.10 Å². The Morgan fingerprint density at radius 2 is 1.67 bits per heavy atom. The van der Waals surface area contributed by atoms with Gasteiger partial charge in [-0.15, -0.1) is 0 Å². The Morgan fingerprint density at radius 1 is 1.02 bits per heavy atom. The minimum atomic E-state index is -3.87. The number of carbonyl (C=O) groups is 5. The number of hydrogen-bond acceptors (Lipinski definition) is 10. The van der Waals surface area contributed by atoms with Gasteiger partial charge in [0.2, 0.25) is 29.0 Å². The van der Waals surface area contributed by atoms with Crippen molar-refractivity contribution in [3.8, 4) is 0 Å². The number of esters is 1. The summed E-state index contributed by atoms with van der Waals surface area (Å²) in [5.74, 6) is -10.6. The minimum absolute atomic E-state index is 0.0180. The molecule has 1 aromatic rings. The van der Waals surface area contributed by atoms with Crippen LogP contribution in [-0.4, -0.2) is 97.2 Å². The van der Waals surface area contributed by atoms with E-state index in [2.05, 4.69) is 5.32 Å². The Labute approximate surface area is 284 Å². The Morgan fingerprint density at radius 3 is 2.22 bits per heavy atom. The van der Waals surface area contributed by atoms with E-state index >= 15 is 0 Å². The molecule has 1 amide bonds. The van der Waals surface area contributed by atoms with Gasteiger partial charge in [0.05, 0.1) is 0 Å². The third kappa shape index (κ3) is 8.38. The van der Waals surface area contributed by atoms with Crippen molar-refractivity contribution in [3.05, 3.63) is 59.7 Å². The monoisotopic (exact) mass is 689 g/mol. The van der Waals surface area contributed by atoms with Crippen LogP contribution in [0, 0.1) is 17.8 Å². The highest BCUT2D eigenvalue weighted by molar-refractivity contribution is 5.98. The van der Waals surface area contributed by atoms with E-state index in [4.69, 9.17) is 14.2 Å². The molecule has 14 nitrogen and oxygen atoms in total. The minimum Gasteiger partial charge on any atom is -0.479 e. The molecule has 14 heteroatoms. The number of rotatable bonds is 17. The van der Waals surface area contributed by atoms with E-state index < -0.39 is 65.6 Å². The molecule has 2 fully saturated rings. The Hall–Kier alpha value is -4.11. The molecule has 2 aliphatic rings. The van der Waals surface area contributed by atoms with E-state index in [1.165, 1.54) is 13.0 Å². The van der Waals surface area contributed by atoms with Crippen molar-refractivity contribution in [3.63, 3.8) is 0 Å². The van der Waals surface area contributed by atoms with Crippen LogP contribution in [0.5, 0.6) is 0 Å².